The Morgan fingerprint density at radius 2 is 2.11 bits per heavy atom. The molecule has 1 aliphatic rings. The third kappa shape index (κ3) is 6.70. The Bertz CT molecular complexity index is 327. The molecule has 0 aliphatic carbocycles. The fourth-order valence-electron chi connectivity index (χ4n) is 2.13. The van der Waals surface area contributed by atoms with Crippen molar-refractivity contribution >= 4 is 10.0 Å². The zero-order chi connectivity index (χ0) is 14.1. The molecule has 1 saturated heterocycles. The molecule has 0 radical (unpaired) electrons. The molecule has 0 saturated carbocycles. The minimum Gasteiger partial charge on any atom is -0.378 e. The zero-order valence-corrected chi connectivity index (χ0v) is 13.0. The zero-order valence-electron chi connectivity index (χ0n) is 12.2. The molecule has 0 bridgehead atoms. The van der Waals surface area contributed by atoms with Crippen LogP contribution >= 0.6 is 0 Å². The molecule has 0 spiro atoms. The van der Waals surface area contributed by atoms with E-state index in [1.807, 2.05) is 0 Å². The third-order valence-corrected chi connectivity index (χ3v) is 5.26. The first-order chi connectivity index (χ1) is 9.06. The van der Waals surface area contributed by atoms with Crippen molar-refractivity contribution in [2.45, 2.75) is 57.3 Å². The molecule has 5 nitrogen and oxygen atoms in total. The lowest BCUT2D eigenvalue weighted by Gasteiger charge is -2.23. The Hall–Kier alpha value is -0.170. The van der Waals surface area contributed by atoms with E-state index >= 15 is 0 Å². The predicted molar refractivity (Wildman–Crippen MR) is 77.8 cm³/mol. The van der Waals surface area contributed by atoms with Gasteiger partial charge in [0.1, 0.15) is 0 Å². The van der Waals surface area contributed by atoms with Crippen LogP contribution in [0.2, 0.25) is 0 Å². The molecule has 0 aromatic heterocycles. The number of sulfonamides is 1. The van der Waals surface area contributed by atoms with Gasteiger partial charge in [-0.15, -0.1) is 0 Å². The quantitative estimate of drug-likeness (QED) is 0.628. The van der Waals surface area contributed by atoms with Gasteiger partial charge in [-0.05, 0) is 45.6 Å². The molecular formula is C13H28N2O3S. The second-order valence-corrected chi connectivity index (χ2v) is 7.41. The van der Waals surface area contributed by atoms with E-state index in [0.29, 0.717) is 13.1 Å². The van der Waals surface area contributed by atoms with Crippen molar-refractivity contribution in [3.63, 3.8) is 0 Å². The number of nitrogens with one attached hydrogen (secondary N) is 2. The SMILES string of the molecule is CCCNCC(C)S(=O)(=O)NCCC1CCCCO1. The Kier molecular flexibility index (Phi) is 7.90. The van der Waals surface area contributed by atoms with Gasteiger partial charge in [0.2, 0.25) is 10.0 Å². The summed E-state index contributed by atoms with van der Waals surface area (Å²) in [7, 11) is -3.21. The van der Waals surface area contributed by atoms with Gasteiger partial charge in [-0.25, -0.2) is 13.1 Å². The maximum atomic E-state index is 12.0. The smallest absolute Gasteiger partial charge is 0.215 e. The van der Waals surface area contributed by atoms with E-state index in [4.69, 9.17) is 4.74 Å². The standard InChI is InChI=1S/C13H28N2O3S/c1-3-8-14-11-12(2)19(16,17)15-9-7-13-6-4-5-10-18-13/h12-15H,3-11H2,1-2H3. The van der Waals surface area contributed by atoms with Gasteiger partial charge in [-0.3, -0.25) is 0 Å². The van der Waals surface area contributed by atoms with Crippen LogP contribution in [-0.4, -0.2) is 46.0 Å². The van der Waals surface area contributed by atoms with Crippen LogP contribution in [0.5, 0.6) is 0 Å². The molecule has 0 aromatic carbocycles. The van der Waals surface area contributed by atoms with Gasteiger partial charge in [-0.2, -0.15) is 0 Å². The summed E-state index contributed by atoms with van der Waals surface area (Å²) < 4.78 is 32.2. The minimum absolute atomic E-state index is 0.227. The minimum atomic E-state index is -3.21. The summed E-state index contributed by atoms with van der Waals surface area (Å²) in [5.74, 6) is 0. The van der Waals surface area contributed by atoms with E-state index in [-0.39, 0.29) is 6.10 Å². The van der Waals surface area contributed by atoms with Crippen LogP contribution in [0.15, 0.2) is 0 Å². The fraction of sp³-hybridized carbons (Fsp3) is 1.00. The van der Waals surface area contributed by atoms with Gasteiger partial charge in [0.15, 0.2) is 0 Å². The first-order valence-corrected chi connectivity index (χ1v) is 8.91. The highest BCUT2D eigenvalue weighted by atomic mass is 32.2. The number of ether oxygens (including phenoxy) is 1. The Labute approximate surface area is 117 Å². The summed E-state index contributed by atoms with van der Waals surface area (Å²) >= 11 is 0. The molecule has 1 fully saturated rings. The molecule has 0 aromatic rings. The summed E-state index contributed by atoms with van der Waals surface area (Å²) in [6, 6.07) is 0. The van der Waals surface area contributed by atoms with Crippen molar-refractivity contribution in [2.24, 2.45) is 0 Å². The van der Waals surface area contributed by atoms with E-state index < -0.39 is 15.3 Å². The van der Waals surface area contributed by atoms with Gasteiger partial charge in [0.05, 0.1) is 11.4 Å². The summed E-state index contributed by atoms with van der Waals surface area (Å²) in [5.41, 5.74) is 0. The van der Waals surface area contributed by atoms with Crippen molar-refractivity contribution in [3.05, 3.63) is 0 Å². The van der Waals surface area contributed by atoms with Crippen LogP contribution in [0.25, 0.3) is 0 Å². The molecule has 19 heavy (non-hydrogen) atoms. The first kappa shape index (κ1) is 16.9. The van der Waals surface area contributed by atoms with E-state index in [2.05, 4.69) is 17.0 Å². The van der Waals surface area contributed by atoms with Gasteiger partial charge in [0.25, 0.3) is 0 Å². The molecule has 1 rings (SSSR count). The maximum Gasteiger partial charge on any atom is 0.215 e. The van der Waals surface area contributed by atoms with Crippen LogP contribution in [-0.2, 0) is 14.8 Å². The normalized spacial score (nSPS) is 22.3. The highest BCUT2D eigenvalue weighted by Crippen LogP contribution is 2.15. The number of hydrogen-bond acceptors (Lipinski definition) is 4. The maximum absolute atomic E-state index is 12.0. The molecular weight excluding hydrogens is 264 g/mol. The van der Waals surface area contributed by atoms with E-state index in [0.717, 1.165) is 38.8 Å². The first-order valence-electron chi connectivity index (χ1n) is 7.37. The Morgan fingerprint density at radius 3 is 2.74 bits per heavy atom. The summed E-state index contributed by atoms with van der Waals surface area (Å²) in [6.45, 7) is 6.45. The molecule has 1 heterocycles. The summed E-state index contributed by atoms with van der Waals surface area (Å²) in [6.07, 6.45) is 5.38. The second-order valence-electron chi connectivity index (χ2n) is 5.23. The number of hydrogen-bond donors (Lipinski definition) is 2. The Morgan fingerprint density at radius 1 is 1.32 bits per heavy atom. The van der Waals surface area contributed by atoms with Gasteiger partial charge >= 0.3 is 0 Å². The van der Waals surface area contributed by atoms with E-state index in [1.54, 1.807) is 6.92 Å². The highest BCUT2D eigenvalue weighted by molar-refractivity contribution is 7.90. The van der Waals surface area contributed by atoms with Crippen molar-refractivity contribution in [3.8, 4) is 0 Å². The lowest BCUT2D eigenvalue weighted by atomic mass is 10.1. The summed E-state index contributed by atoms with van der Waals surface area (Å²) in [4.78, 5) is 0. The van der Waals surface area contributed by atoms with Crippen molar-refractivity contribution < 1.29 is 13.2 Å². The molecule has 0 amide bonds. The van der Waals surface area contributed by atoms with Crippen LogP contribution in [0, 0.1) is 0 Å². The van der Waals surface area contributed by atoms with Crippen LogP contribution in [0.3, 0.4) is 0 Å². The Balaban J connectivity index is 2.21. The molecule has 2 N–H and O–H groups in total. The van der Waals surface area contributed by atoms with E-state index in [1.165, 1.54) is 6.42 Å². The van der Waals surface area contributed by atoms with Gasteiger partial charge in [0, 0.05) is 19.7 Å². The fourth-order valence-corrected chi connectivity index (χ4v) is 3.16. The largest absolute Gasteiger partial charge is 0.378 e. The van der Waals surface area contributed by atoms with Crippen LogP contribution in [0.1, 0.15) is 46.0 Å². The molecule has 2 atom stereocenters. The lowest BCUT2D eigenvalue weighted by molar-refractivity contribution is 0.0123. The van der Waals surface area contributed by atoms with Gasteiger partial charge in [-0.1, -0.05) is 6.92 Å². The summed E-state index contributed by atoms with van der Waals surface area (Å²) in [5, 5.41) is 2.74. The molecule has 114 valence electrons. The number of rotatable bonds is 9. The van der Waals surface area contributed by atoms with Crippen LogP contribution < -0.4 is 10.0 Å². The van der Waals surface area contributed by atoms with Gasteiger partial charge < -0.3 is 10.1 Å². The average Bonchev–Trinajstić information content (AvgIpc) is 2.40. The molecule has 2 unspecified atom stereocenters. The molecule has 6 heteroatoms. The monoisotopic (exact) mass is 292 g/mol. The predicted octanol–water partition coefficient (Wildman–Crippen LogP) is 1.25. The van der Waals surface area contributed by atoms with Crippen LogP contribution in [0.4, 0.5) is 0 Å². The topological polar surface area (TPSA) is 67.4 Å². The van der Waals surface area contributed by atoms with Crippen molar-refractivity contribution in [2.75, 3.05) is 26.2 Å². The third-order valence-electron chi connectivity index (χ3n) is 3.43. The van der Waals surface area contributed by atoms with Crippen molar-refractivity contribution in [1.29, 1.82) is 0 Å². The average molecular weight is 292 g/mol. The van der Waals surface area contributed by atoms with E-state index in [9.17, 15) is 8.42 Å². The highest BCUT2D eigenvalue weighted by Gasteiger charge is 2.20. The van der Waals surface area contributed by atoms with Crippen molar-refractivity contribution in [1.82, 2.24) is 10.0 Å². The second kappa shape index (κ2) is 8.89. The lowest BCUT2D eigenvalue weighted by Crippen LogP contribution is -2.40. The molecule has 1 aliphatic heterocycles.